The molecular formula is C13H17NO5S. The molecule has 1 amide bonds. The highest BCUT2D eigenvalue weighted by Gasteiger charge is 2.23. The predicted octanol–water partition coefficient (Wildman–Crippen LogP) is 1.07. The molecule has 0 aromatic heterocycles. The van der Waals surface area contributed by atoms with Gasteiger partial charge in [0, 0.05) is 5.54 Å². The zero-order valence-electron chi connectivity index (χ0n) is 11.5. The molecule has 0 atom stereocenters. The summed E-state index contributed by atoms with van der Waals surface area (Å²) in [7, 11) is -3.86. The lowest BCUT2D eigenvalue weighted by Crippen LogP contribution is -2.43. The van der Waals surface area contributed by atoms with E-state index in [1.807, 2.05) is 0 Å². The van der Waals surface area contributed by atoms with E-state index in [1.54, 1.807) is 20.8 Å². The van der Waals surface area contributed by atoms with Crippen molar-refractivity contribution >= 4 is 21.7 Å². The van der Waals surface area contributed by atoms with E-state index in [0.29, 0.717) is 0 Å². The largest absolute Gasteiger partial charge is 0.478 e. The van der Waals surface area contributed by atoms with Gasteiger partial charge in [-0.15, -0.1) is 0 Å². The fourth-order valence-electron chi connectivity index (χ4n) is 1.53. The Morgan fingerprint density at radius 1 is 1.25 bits per heavy atom. The van der Waals surface area contributed by atoms with E-state index < -0.39 is 33.0 Å². The number of nitrogens with one attached hydrogen (secondary N) is 1. The van der Waals surface area contributed by atoms with Crippen molar-refractivity contribution in [2.24, 2.45) is 0 Å². The molecule has 0 saturated carbocycles. The van der Waals surface area contributed by atoms with E-state index in [4.69, 9.17) is 5.11 Å². The quantitative estimate of drug-likeness (QED) is 0.866. The second-order valence-electron chi connectivity index (χ2n) is 5.39. The third kappa shape index (κ3) is 4.65. The van der Waals surface area contributed by atoms with Crippen LogP contribution in [0.25, 0.3) is 0 Å². The summed E-state index contributed by atoms with van der Waals surface area (Å²) in [5.74, 6) is -2.56. The first-order valence-electron chi connectivity index (χ1n) is 5.88. The molecule has 0 spiro atoms. The third-order valence-electron chi connectivity index (χ3n) is 2.28. The van der Waals surface area contributed by atoms with Gasteiger partial charge in [0.1, 0.15) is 5.75 Å². The highest BCUT2D eigenvalue weighted by Crippen LogP contribution is 2.14. The Hall–Kier alpha value is -1.89. The average Bonchev–Trinajstić information content (AvgIpc) is 2.25. The Bertz CT molecular complexity index is 628. The van der Waals surface area contributed by atoms with Gasteiger partial charge >= 0.3 is 5.97 Å². The summed E-state index contributed by atoms with van der Waals surface area (Å²) in [6, 6.07) is 4.93. The summed E-state index contributed by atoms with van der Waals surface area (Å²) >= 11 is 0. The van der Waals surface area contributed by atoms with Crippen molar-refractivity contribution < 1.29 is 23.1 Å². The van der Waals surface area contributed by atoms with Crippen LogP contribution in [0.15, 0.2) is 29.2 Å². The maximum Gasteiger partial charge on any atom is 0.335 e. The first kappa shape index (κ1) is 16.2. The van der Waals surface area contributed by atoms with Gasteiger partial charge in [0.25, 0.3) is 0 Å². The van der Waals surface area contributed by atoms with Gasteiger partial charge in [-0.1, -0.05) is 6.07 Å². The molecule has 20 heavy (non-hydrogen) atoms. The van der Waals surface area contributed by atoms with Gasteiger partial charge in [-0.3, -0.25) is 4.79 Å². The van der Waals surface area contributed by atoms with Crippen LogP contribution in [-0.2, 0) is 14.6 Å². The van der Waals surface area contributed by atoms with Crippen LogP contribution < -0.4 is 5.32 Å². The Morgan fingerprint density at radius 2 is 1.85 bits per heavy atom. The fourth-order valence-corrected chi connectivity index (χ4v) is 2.71. The van der Waals surface area contributed by atoms with Crippen molar-refractivity contribution in [1.82, 2.24) is 5.32 Å². The zero-order chi connectivity index (χ0) is 15.6. The van der Waals surface area contributed by atoms with E-state index in [9.17, 15) is 18.0 Å². The van der Waals surface area contributed by atoms with Gasteiger partial charge in [-0.05, 0) is 39.0 Å². The number of carboxylic acid groups (broad SMARTS) is 1. The van der Waals surface area contributed by atoms with E-state index in [-0.39, 0.29) is 10.5 Å². The van der Waals surface area contributed by atoms with Crippen LogP contribution in [0, 0.1) is 0 Å². The van der Waals surface area contributed by atoms with Crippen molar-refractivity contribution in [3.05, 3.63) is 29.8 Å². The van der Waals surface area contributed by atoms with Crippen molar-refractivity contribution in [3.8, 4) is 0 Å². The Balaban J connectivity index is 2.97. The van der Waals surface area contributed by atoms with E-state index in [2.05, 4.69) is 5.32 Å². The second kappa shape index (κ2) is 5.62. The van der Waals surface area contributed by atoms with Gasteiger partial charge in [0.2, 0.25) is 5.91 Å². The van der Waals surface area contributed by atoms with Gasteiger partial charge in [0.05, 0.1) is 10.5 Å². The summed E-state index contributed by atoms with van der Waals surface area (Å²) in [6.45, 7) is 5.22. The van der Waals surface area contributed by atoms with Crippen LogP contribution in [0.4, 0.5) is 0 Å². The highest BCUT2D eigenvalue weighted by atomic mass is 32.2. The molecule has 0 fully saturated rings. The summed E-state index contributed by atoms with van der Waals surface area (Å²) in [6.07, 6.45) is 0. The van der Waals surface area contributed by atoms with Crippen LogP contribution >= 0.6 is 0 Å². The molecule has 7 heteroatoms. The number of aromatic carboxylic acids is 1. The number of hydrogen-bond acceptors (Lipinski definition) is 4. The number of carbonyl (C=O) groups is 2. The van der Waals surface area contributed by atoms with Gasteiger partial charge < -0.3 is 10.4 Å². The van der Waals surface area contributed by atoms with Gasteiger partial charge in [-0.2, -0.15) is 0 Å². The number of benzene rings is 1. The van der Waals surface area contributed by atoms with E-state index >= 15 is 0 Å². The molecule has 0 heterocycles. The summed E-state index contributed by atoms with van der Waals surface area (Å²) in [4.78, 5) is 22.3. The minimum Gasteiger partial charge on any atom is -0.478 e. The summed E-state index contributed by atoms with van der Waals surface area (Å²) < 4.78 is 24.1. The SMILES string of the molecule is CC(C)(C)NC(=O)CS(=O)(=O)c1cccc(C(=O)O)c1. The Labute approximate surface area is 117 Å². The molecule has 0 aliphatic rings. The number of hydrogen-bond donors (Lipinski definition) is 2. The zero-order valence-corrected chi connectivity index (χ0v) is 12.3. The molecule has 0 aliphatic heterocycles. The smallest absolute Gasteiger partial charge is 0.335 e. The lowest BCUT2D eigenvalue weighted by molar-refractivity contribution is -0.120. The molecule has 110 valence electrons. The number of carboxylic acids is 1. The molecule has 1 aromatic rings. The normalized spacial score (nSPS) is 11.9. The van der Waals surface area contributed by atoms with Crippen LogP contribution in [0.5, 0.6) is 0 Å². The first-order chi connectivity index (χ1) is 9.01. The number of amides is 1. The molecule has 1 rings (SSSR count). The summed E-state index contributed by atoms with van der Waals surface area (Å²) in [5.41, 5.74) is -0.669. The minimum absolute atomic E-state index is 0.137. The number of sulfone groups is 1. The van der Waals surface area contributed by atoms with Crippen LogP contribution in [0.2, 0.25) is 0 Å². The van der Waals surface area contributed by atoms with Crippen LogP contribution in [0.3, 0.4) is 0 Å². The maximum absolute atomic E-state index is 12.0. The molecule has 0 radical (unpaired) electrons. The lowest BCUT2D eigenvalue weighted by Gasteiger charge is -2.20. The van der Waals surface area contributed by atoms with Crippen molar-refractivity contribution in [2.45, 2.75) is 31.2 Å². The lowest BCUT2D eigenvalue weighted by atomic mass is 10.1. The van der Waals surface area contributed by atoms with E-state index in [1.165, 1.54) is 18.2 Å². The minimum atomic E-state index is -3.86. The van der Waals surface area contributed by atoms with Crippen LogP contribution in [-0.4, -0.2) is 36.7 Å². The summed E-state index contributed by atoms with van der Waals surface area (Å²) in [5, 5.41) is 11.4. The van der Waals surface area contributed by atoms with Crippen molar-refractivity contribution in [2.75, 3.05) is 5.75 Å². The van der Waals surface area contributed by atoms with Crippen LogP contribution in [0.1, 0.15) is 31.1 Å². The fraction of sp³-hybridized carbons (Fsp3) is 0.385. The molecule has 0 saturated heterocycles. The maximum atomic E-state index is 12.0. The molecule has 0 aliphatic carbocycles. The molecule has 2 N–H and O–H groups in total. The van der Waals surface area contributed by atoms with E-state index in [0.717, 1.165) is 6.07 Å². The molecular weight excluding hydrogens is 282 g/mol. The number of carbonyl (C=O) groups excluding carboxylic acids is 1. The van der Waals surface area contributed by atoms with Gasteiger partial charge in [-0.25, -0.2) is 13.2 Å². The van der Waals surface area contributed by atoms with Crippen molar-refractivity contribution in [3.63, 3.8) is 0 Å². The standard InChI is InChI=1S/C13H17NO5S/c1-13(2,3)14-11(15)8-20(18,19)10-6-4-5-9(7-10)12(16)17/h4-7H,8H2,1-3H3,(H,14,15)(H,16,17). The first-order valence-corrected chi connectivity index (χ1v) is 7.54. The highest BCUT2D eigenvalue weighted by molar-refractivity contribution is 7.92. The number of rotatable bonds is 4. The predicted molar refractivity (Wildman–Crippen MR) is 73.3 cm³/mol. The molecule has 0 unspecified atom stereocenters. The third-order valence-corrected chi connectivity index (χ3v) is 3.89. The average molecular weight is 299 g/mol. The molecule has 6 nitrogen and oxygen atoms in total. The Morgan fingerprint density at radius 3 is 2.35 bits per heavy atom. The second-order valence-corrected chi connectivity index (χ2v) is 7.38. The van der Waals surface area contributed by atoms with Gasteiger partial charge in [0.15, 0.2) is 9.84 Å². The topological polar surface area (TPSA) is 101 Å². The Kier molecular flexibility index (Phi) is 4.54. The monoisotopic (exact) mass is 299 g/mol. The molecule has 0 bridgehead atoms. The van der Waals surface area contributed by atoms with Crippen molar-refractivity contribution in [1.29, 1.82) is 0 Å². The molecule has 1 aromatic carbocycles.